The van der Waals surface area contributed by atoms with Crippen LogP contribution in [-0.2, 0) is 6.42 Å². The molecule has 0 bridgehead atoms. The summed E-state index contributed by atoms with van der Waals surface area (Å²) in [5.74, 6) is 0.687. The topological polar surface area (TPSA) is 73.1 Å². The summed E-state index contributed by atoms with van der Waals surface area (Å²) in [7, 11) is 0. The molecule has 0 radical (unpaired) electrons. The van der Waals surface area contributed by atoms with Gasteiger partial charge in [-0.3, -0.25) is 9.97 Å². The number of rotatable bonds is 7. The number of nitrogens with zero attached hydrogens (tertiary/aromatic N) is 2. The fourth-order valence-corrected chi connectivity index (χ4v) is 2.35. The van der Waals surface area contributed by atoms with Crippen LogP contribution in [0.3, 0.4) is 0 Å². The molecule has 3 aromatic rings. The maximum absolute atomic E-state index is 6.15. The SMILES string of the molecule is N[C@H](COc1cncc(Nc2cccnc2)c1)Cc1ccccc1. The first-order valence-corrected chi connectivity index (χ1v) is 7.84. The first-order chi connectivity index (χ1) is 11.8. The molecule has 3 rings (SSSR count). The maximum Gasteiger partial charge on any atom is 0.139 e. The van der Waals surface area contributed by atoms with E-state index in [1.165, 1.54) is 5.56 Å². The molecule has 2 heterocycles. The fourth-order valence-electron chi connectivity index (χ4n) is 2.35. The molecular weight excluding hydrogens is 300 g/mol. The van der Waals surface area contributed by atoms with Crippen molar-refractivity contribution in [3.8, 4) is 5.75 Å². The molecule has 3 N–H and O–H groups in total. The summed E-state index contributed by atoms with van der Waals surface area (Å²) >= 11 is 0. The monoisotopic (exact) mass is 320 g/mol. The Morgan fingerprint density at radius 2 is 1.79 bits per heavy atom. The van der Waals surface area contributed by atoms with Crippen molar-refractivity contribution >= 4 is 11.4 Å². The van der Waals surface area contributed by atoms with Gasteiger partial charge in [0.2, 0.25) is 0 Å². The number of nitrogens with one attached hydrogen (secondary N) is 1. The summed E-state index contributed by atoms with van der Waals surface area (Å²) < 4.78 is 5.78. The Balaban J connectivity index is 1.54. The van der Waals surface area contributed by atoms with Gasteiger partial charge in [-0.15, -0.1) is 0 Å². The number of hydrogen-bond donors (Lipinski definition) is 2. The zero-order chi connectivity index (χ0) is 16.6. The number of benzene rings is 1. The zero-order valence-electron chi connectivity index (χ0n) is 13.3. The molecule has 1 aromatic carbocycles. The Hall–Kier alpha value is -2.92. The number of hydrogen-bond acceptors (Lipinski definition) is 5. The molecule has 0 amide bonds. The average molecular weight is 320 g/mol. The third-order valence-electron chi connectivity index (χ3n) is 3.47. The van der Waals surface area contributed by atoms with E-state index in [4.69, 9.17) is 10.5 Å². The standard InChI is InChI=1S/C19H20N4O/c20-16(9-15-5-2-1-3-6-15)14-24-19-10-18(12-22-13-19)23-17-7-4-8-21-11-17/h1-8,10-13,16,23H,9,14,20H2/t16-/m0/s1. The summed E-state index contributed by atoms with van der Waals surface area (Å²) in [5.41, 5.74) is 9.10. The van der Waals surface area contributed by atoms with Crippen molar-refractivity contribution in [2.75, 3.05) is 11.9 Å². The molecule has 24 heavy (non-hydrogen) atoms. The van der Waals surface area contributed by atoms with Crippen molar-refractivity contribution in [1.29, 1.82) is 0 Å². The van der Waals surface area contributed by atoms with Gasteiger partial charge in [-0.05, 0) is 24.1 Å². The minimum Gasteiger partial charge on any atom is -0.490 e. The third-order valence-corrected chi connectivity index (χ3v) is 3.47. The highest BCUT2D eigenvalue weighted by Gasteiger charge is 2.06. The first kappa shape index (κ1) is 16.0. The second kappa shape index (κ2) is 8.08. The minimum atomic E-state index is -0.0673. The fraction of sp³-hybridized carbons (Fsp3) is 0.158. The predicted molar refractivity (Wildman–Crippen MR) is 95.4 cm³/mol. The van der Waals surface area contributed by atoms with E-state index in [1.807, 2.05) is 36.4 Å². The summed E-state index contributed by atoms with van der Waals surface area (Å²) in [6, 6.07) is 15.8. The molecule has 122 valence electrons. The van der Waals surface area contributed by atoms with Crippen LogP contribution in [0.25, 0.3) is 0 Å². The van der Waals surface area contributed by atoms with Gasteiger partial charge in [-0.1, -0.05) is 30.3 Å². The van der Waals surface area contributed by atoms with E-state index >= 15 is 0 Å². The lowest BCUT2D eigenvalue weighted by atomic mass is 10.1. The van der Waals surface area contributed by atoms with Crippen LogP contribution in [0.15, 0.2) is 73.3 Å². The maximum atomic E-state index is 6.15. The number of pyridine rings is 2. The van der Waals surface area contributed by atoms with Crippen LogP contribution in [0.5, 0.6) is 5.75 Å². The van der Waals surface area contributed by atoms with Gasteiger partial charge in [-0.2, -0.15) is 0 Å². The Morgan fingerprint density at radius 3 is 2.58 bits per heavy atom. The number of ether oxygens (including phenoxy) is 1. The number of anilines is 2. The molecular formula is C19H20N4O. The molecule has 0 spiro atoms. The molecule has 5 nitrogen and oxygen atoms in total. The lowest BCUT2D eigenvalue weighted by Crippen LogP contribution is -2.30. The Kier molecular flexibility index (Phi) is 5.37. The summed E-state index contributed by atoms with van der Waals surface area (Å²) in [6.45, 7) is 0.437. The van der Waals surface area contributed by atoms with Gasteiger partial charge in [0.25, 0.3) is 0 Å². The van der Waals surface area contributed by atoms with Crippen molar-refractivity contribution in [3.05, 3.63) is 78.9 Å². The smallest absolute Gasteiger partial charge is 0.139 e. The predicted octanol–water partition coefficient (Wildman–Crippen LogP) is 3.17. The van der Waals surface area contributed by atoms with Crippen LogP contribution in [0.4, 0.5) is 11.4 Å². The second-order valence-electron chi connectivity index (χ2n) is 5.54. The van der Waals surface area contributed by atoms with Crippen molar-refractivity contribution in [2.24, 2.45) is 5.73 Å². The highest BCUT2D eigenvalue weighted by Crippen LogP contribution is 2.19. The Morgan fingerprint density at radius 1 is 0.958 bits per heavy atom. The van der Waals surface area contributed by atoms with Gasteiger partial charge in [0, 0.05) is 18.3 Å². The van der Waals surface area contributed by atoms with Crippen molar-refractivity contribution in [2.45, 2.75) is 12.5 Å². The Labute approximate surface area is 141 Å². The van der Waals surface area contributed by atoms with Gasteiger partial charge in [0.1, 0.15) is 12.4 Å². The van der Waals surface area contributed by atoms with E-state index in [1.54, 1.807) is 24.8 Å². The summed E-state index contributed by atoms with van der Waals surface area (Å²) in [4.78, 5) is 8.27. The molecule has 0 saturated heterocycles. The van der Waals surface area contributed by atoms with Crippen molar-refractivity contribution in [1.82, 2.24) is 9.97 Å². The normalized spacial score (nSPS) is 11.7. The molecule has 0 aliphatic rings. The molecule has 0 aliphatic carbocycles. The van der Waals surface area contributed by atoms with Crippen molar-refractivity contribution < 1.29 is 4.74 Å². The van der Waals surface area contributed by atoms with Crippen LogP contribution in [0.2, 0.25) is 0 Å². The van der Waals surface area contributed by atoms with Crippen LogP contribution in [0, 0.1) is 0 Å². The second-order valence-corrected chi connectivity index (χ2v) is 5.54. The van der Waals surface area contributed by atoms with Crippen LogP contribution in [0.1, 0.15) is 5.56 Å². The van der Waals surface area contributed by atoms with Gasteiger partial charge in [0.15, 0.2) is 0 Å². The van der Waals surface area contributed by atoms with Gasteiger partial charge in [-0.25, -0.2) is 0 Å². The summed E-state index contributed by atoms with van der Waals surface area (Å²) in [6.07, 6.45) is 7.69. The highest BCUT2D eigenvalue weighted by atomic mass is 16.5. The quantitative estimate of drug-likeness (QED) is 0.699. The molecule has 1 atom stereocenters. The average Bonchev–Trinajstić information content (AvgIpc) is 2.62. The van der Waals surface area contributed by atoms with Crippen LogP contribution < -0.4 is 15.8 Å². The summed E-state index contributed by atoms with van der Waals surface area (Å²) in [5, 5.41) is 3.24. The van der Waals surface area contributed by atoms with E-state index in [-0.39, 0.29) is 6.04 Å². The van der Waals surface area contributed by atoms with E-state index in [2.05, 4.69) is 27.4 Å². The van der Waals surface area contributed by atoms with Crippen molar-refractivity contribution in [3.63, 3.8) is 0 Å². The van der Waals surface area contributed by atoms with Gasteiger partial charge < -0.3 is 15.8 Å². The van der Waals surface area contributed by atoms with E-state index in [0.29, 0.717) is 12.4 Å². The highest BCUT2D eigenvalue weighted by molar-refractivity contribution is 5.58. The molecule has 0 fully saturated rings. The molecule has 0 unspecified atom stereocenters. The van der Waals surface area contributed by atoms with Crippen LogP contribution in [-0.4, -0.2) is 22.6 Å². The van der Waals surface area contributed by atoms with Gasteiger partial charge >= 0.3 is 0 Å². The Bertz CT molecular complexity index is 750. The molecule has 0 saturated carbocycles. The number of nitrogens with two attached hydrogens (primary N) is 1. The number of aromatic nitrogens is 2. The van der Waals surface area contributed by atoms with E-state index in [0.717, 1.165) is 17.8 Å². The zero-order valence-corrected chi connectivity index (χ0v) is 13.3. The molecule has 2 aromatic heterocycles. The minimum absolute atomic E-state index is 0.0673. The lowest BCUT2D eigenvalue weighted by molar-refractivity contribution is 0.287. The molecule has 0 aliphatic heterocycles. The van der Waals surface area contributed by atoms with E-state index < -0.39 is 0 Å². The lowest BCUT2D eigenvalue weighted by Gasteiger charge is -2.14. The third kappa shape index (κ3) is 4.79. The van der Waals surface area contributed by atoms with Gasteiger partial charge in [0.05, 0.1) is 30.0 Å². The van der Waals surface area contributed by atoms with E-state index in [9.17, 15) is 0 Å². The molecule has 5 heteroatoms. The van der Waals surface area contributed by atoms with Crippen LogP contribution >= 0.6 is 0 Å². The first-order valence-electron chi connectivity index (χ1n) is 7.84. The largest absolute Gasteiger partial charge is 0.490 e.